The minimum absolute atomic E-state index is 0.407. The average molecular weight is 268 g/mol. The second kappa shape index (κ2) is 4.99. The first-order chi connectivity index (χ1) is 8.45. The lowest BCUT2D eigenvalue weighted by Gasteiger charge is -2.22. The summed E-state index contributed by atoms with van der Waals surface area (Å²) in [6.45, 7) is 5.08. The minimum Gasteiger partial charge on any atom is -0.195 e. The van der Waals surface area contributed by atoms with Gasteiger partial charge in [-0.15, -0.1) is 0 Å². The highest BCUT2D eigenvalue weighted by Crippen LogP contribution is 2.24. The Bertz CT molecular complexity index is 501. The van der Waals surface area contributed by atoms with E-state index < -0.39 is 15.7 Å². The Kier molecular flexibility index (Phi) is 3.75. The Labute approximate surface area is 109 Å². The van der Waals surface area contributed by atoms with Gasteiger partial charge in [-0.05, 0) is 25.3 Å². The summed E-state index contributed by atoms with van der Waals surface area (Å²) in [5, 5.41) is 0. The van der Waals surface area contributed by atoms with Crippen LogP contribution < -0.4 is 4.72 Å². The molecule has 2 rings (SSSR count). The van der Waals surface area contributed by atoms with Crippen molar-refractivity contribution in [3.63, 3.8) is 0 Å². The maximum Gasteiger partial charge on any atom is 0.280 e. The molecule has 0 saturated carbocycles. The van der Waals surface area contributed by atoms with Crippen LogP contribution in [-0.4, -0.2) is 31.4 Å². The fourth-order valence-electron chi connectivity index (χ4n) is 2.47. The van der Waals surface area contributed by atoms with Gasteiger partial charge in [0.05, 0.1) is 0 Å². The second-order valence-corrected chi connectivity index (χ2v) is 6.83. The highest BCUT2D eigenvalue weighted by atomic mass is 32.2. The van der Waals surface area contributed by atoms with Crippen LogP contribution in [0.25, 0.3) is 0 Å². The molecule has 1 aliphatic rings. The molecular weight excluding hydrogens is 248 g/mol. The van der Waals surface area contributed by atoms with Crippen molar-refractivity contribution in [1.29, 1.82) is 0 Å². The van der Waals surface area contributed by atoms with Gasteiger partial charge in [0.1, 0.15) is 0 Å². The summed E-state index contributed by atoms with van der Waals surface area (Å²) in [6.07, 6.45) is 1.55. The van der Waals surface area contributed by atoms with Crippen LogP contribution in [0.1, 0.15) is 25.8 Å². The lowest BCUT2D eigenvalue weighted by Crippen LogP contribution is -2.42. The molecular formula is C13H20N2O2S. The molecule has 0 aliphatic carbocycles. The van der Waals surface area contributed by atoms with E-state index in [-0.39, 0.29) is 0 Å². The van der Waals surface area contributed by atoms with E-state index >= 15 is 0 Å². The second-order valence-electron chi connectivity index (χ2n) is 5.16. The Morgan fingerprint density at radius 1 is 1.33 bits per heavy atom. The quantitative estimate of drug-likeness (QED) is 0.900. The molecule has 1 saturated heterocycles. The lowest BCUT2D eigenvalue weighted by molar-refractivity contribution is 0.357. The zero-order chi connectivity index (χ0) is 13.2. The van der Waals surface area contributed by atoms with E-state index in [0.29, 0.717) is 19.5 Å². The zero-order valence-corrected chi connectivity index (χ0v) is 11.7. The van der Waals surface area contributed by atoms with Gasteiger partial charge in [-0.1, -0.05) is 37.3 Å². The smallest absolute Gasteiger partial charge is 0.195 e. The van der Waals surface area contributed by atoms with Gasteiger partial charge in [0, 0.05) is 18.6 Å². The molecule has 1 aromatic carbocycles. The van der Waals surface area contributed by atoms with Crippen LogP contribution in [0.15, 0.2) is 30.3 Å². The molecule has 1 heterocycles. The van der Waals surface area contributed by atoms with E-state index in [0.717, 1.165) is 12.0 Å². The Hall–Kier alpha value is -0.910. The molecule has 0 bridgehead atoms. The van der Waals surface area contributed by atoms with Crippen LogP contribution in [0.2, 0.25) is 0 Å². The first kappa shape index (κ1) is 13.5. The van der Waals surface area contributed by atoms with Crippen molar-refractivity contribution in [1.82, 2.24) is 9.03 Å². The van der Waals surface area contributed by atoms with Gasteiger partial charge in [-0.3, -0.25) is 0 Å². The number of hydrogen-bond donors (Lipinski definition) is 1. The zero-order valence-electron chi connectivity index (χ0n) is 10.9. The summed E-state index contributed by atoms with van der Waals surface area (Å²) in [6, 6.07) is 9.98. The van der Waals surface area contributed by atoms with Crippen molar-refractivity contribution in [3.05, 3.63) is 35.9 Å². The number of hydrogen-bond acceptors (Lipinski definition) is 2. The summed E-state index contributed by atoms with van der Waals surface area (Å²) in [5.74, 6) is 0. The first-order valence-electron chi connectivity index (χ1n) is 6.28. The van der Waals surface area contributed by atoms with Crippen molar-refractivity contribution in [3.8, 4) is 0 Å². The number of nitrogens with zero attached hydrogens (tertiary/aromatic N) is 1. The van der Waals surface area contributed by atoms with Gasteiger partial charge in [-0.2, -0.15) is 17.4 Å². The third-order valence-electron chi connectivity index (χ3n) is 3.15. The molecule has 1 aliphatic heterocycles. The molecule has 5 heteroatoms. The van der Waals surface area contributed by atoms with Gasteiger partial charge in [-0.25, -0.2) is 0 Å². The molecule has 1 atom stereocenters. The summed E-state index contributed by atoms with van der Waals surface area (Å²) in [5.41, 5.74) is 0.746. The molecule has 0 amide bonds. The number of benzene rings is 1. The highest BCUT2D eigenvalue weighted by Gasteiger charge is 2.43. The van der Waals surface area contributed by atoms with Crippen molar-refractivity contribution in [2.24, 2.45) is 0 Å². The van der Waals surface area contributed by atoms with Gasteiger partial charge < -0.3 is 0 Å². The normalized spacial score (nSPS) is 27.4. The van der Waals surface area contributed by atoms with Gasteiger partial charge in [0.25, 0.3) is 10.2 Å². The van der Waals surface area contributed by atoms with Crippen LogP contribution in [0.5, 0.6) is 0 Å². The fourth-order valence-corrected chi connectivity index (χ4v) is 4.24. The molecule has 1 aromatic rings. The van der Waals surface area contributed by atoms with Gasteiger partial charge in [0.2, 0.25) is 0 Å². The maximum absolute atomic E-state index is 12.0. The number of nitrogens with one attached hydrogen (secondary N) is 1. The van der Waals surface area contributed by atoms with Crippen molar-refractivity contribution < 1.29 is 8.42 Å². The van der Waals surface area contributed by atoms with Gasteiger partial charge in [0.15, 0.2) is 0 Å². The molecule has 1 N–H and O–H groups in total. The SMILES string of the molecule is CCCN1CC(C)(Cc2ccccc2)NS1(=O)=O. The summed E-state index contributed by atoms with van der Waals surface area (Å²) in [7, 11) is -3.29. The predicted octanol–water partition coefficient (Wildman–Crippen LogP) is 1.55. The van der Waals surface area contributed by atoms with Crippen molar-refractivity contribution in [2.75, 3.05) is 13.1 Å². The van der Waals surface area contributed by atoms with E-state index in [1.807, 2.05) is 44.2 Å². The third kappa shape index (κ3) is 2.91. The summed E-state index contributed by atoms with van der Waals surface area (Å²) < 4.78 is 28.3. The molecule has 18 heavy (non-hydrogen) atoms. The monoisotopic (exact) mass is 268 g/mol. The van der Waals surface area contributed by atoms with Crippen molar-refractivity contribution in [2.45, 2.75) is 32.2 Å². The topological polar surface area (TPSA) is 49.4 Å². The van der Waals surface area contributed by atoms with Gasteiger partial charge >= 0.3 is 0 Å². The average Bonchev–Trinajstić information content (AvgIpc) is 2.50. The van der Waals surface area contributed by atoms with Crippen LogP contribution in [0, 0.1) is 0 Å². The Morgan fingerprint density at radius 3 is 2.61 bits per heavy atom. The Balaban J connectivity index is 2.14. The maximum atomic E-state index is 12.0. The third-order valence-corrected chi connectivity index (χ3v) is 4.89. The molecule has 100 valence electrons. The lowest BCUT2D eigenvalue weighted by atomic mass is 9.94. The predicted molar refractivity (Wildman–Crippen MR) is 72.5 cm³/mol. The number of rotatable bonds is 4. The standard InChI is InChI=1S/C13H20N2O2S/c1-3-9-15-11-13(2,14-18(15,16)17)10-12-7-5-4-6-8-12/h4-8,14H,3,9-11H2,1-2H3. The molecule has 0 radical (unpaired) electrons. The Morgan fingerprint density at radius 2 is 2.00 bits per heavy atom. The molecule has 4 nitrogen and oxygen atoms in total. The van der Waals surface area contributed by atoms with E-state index in [1.54, 1.807) is 0 Å². The summed E-state index contributed by atoms with van der Waals surface area (Å²) >= 11 is 0. The molecule has 1 fully saturated rings. The van der Waals surface area contributed by atoms with Crippen LogP contribution in [0.4, 0.5) is 0 Å². The van der Waals surface area contributed by atoms with E-state index in [4.69, 9.17) is 0 Å². The fraction of sp³-hybridized carbons (Fsp3) is 0.538. The van der Waals surface area contributed by atoms with Crippen LogP contribution in [-0.2, 0) is 16.6 Å². The first-order valence-corrected chi connectivity index (χ1v) is 7.72. The molecule has 1 unspecified atom stereocenters. The summed E-state index contributed by atoms with van der Waals surface area (Å²) in [4.78, 5) is 0. The molecule has 0 spiro atoms. The van der Waals surface area contributed by atoms with Crippen LogP contribution >= 0.6 is 0 Å². The highest BCUT2D eigenvalue weighted by molar-refractivity contribution is 7.87. The van der Waals surface area contributed by atoms with Crippen molar-refractivity contribution >= 4 is 10.2 Å². The van der Waals surface area contributed by atoms with E-state index in [9.17, 15) is 8.42 Å². The van der Waals surface area contributed by atoms with Crippen LogP contribution in [0.3, 0.4) is 0 Å². The largest absolute Gasteiger partial charge is 0.280 e. The van der Waals surface area contributed by atoms with E-state index in [1.165, 1.54) is 4.31 Å². The molecule has 0 aromatic heterocycles. The minimum atomic E-state index is -3.29. The van der Waals surface area contributed by atoms with E-state index in [2.05, 4.69) is 4.72 Å².